The van der Waals surface area contributed by atoms with Gasteiger partial charge in [-0.3, -0.25) is 14.5 Å². The van der Waals surface area contributed by atoms with Gasteiger partial charge in [0.25, 0.3) is 5.91 Å². The molecule has 2 atom stereocenters. The Balaban J connectivity index is 2.04. The molecule has 1 saturated heterocycles. The lowest BCUT2D eigenvalue weighted by atomic mass is 10.1. The van der Waals surface area contributed by atoms with E-state index in [2.05, 4.69) is 5.32 Å². The quantitative estimate of drug-likeness (QED) is 0.884. The van der Waals surface area contributed by atoms with Gasteiger partial charge in [0.05, 0.1) is 5.56 Å². The van der Waals surface area contributed by atoms with Crippen molar-refractivity contribution >= 4 is 23.5 Å². The van der Waals surface area contributed by atoms with Crippen LogP contribution in [0, 0.1) is 5.82 Å². The summed E-state index contributed by atoms with van der Waals surface area (Å²) < 4.78 is 13.6. The Morgan fingerprint density at radius 1 is 1.50 bits per heavy atom. The maximum atomic E-state index is 13.6. The molecule has 0 unspecified atom stereocenters. The maximum absolute atomic E-state index is 13.6. The third-order valence-electron chi connectivity index (χ3n) is 3.34. The van der Waals surface area contributed by atoms with Crippen molar-refractivity contribution in [3.63, 3.8) is 0 Å². The van der Waals surface area contributed by atoms with Crippen LogP contribution in [0.1, 0.15) is 16.8 Å². The van der Waals surface area contributed by atoms with Crippen LogP contribution in [-0.2, 0) is 4.79 Å². The zero-order chi connectivity index (χ0) is 14.9. The van der Waals surface area contributed by atoms with Gasteiger partial charge in [-0.1, -0.05) is 11.6 Å². The largest absolute Gasteiger partial charge is 0.480 e. The molecule has 0 aromatic heterocycles. The van der Waals surface area contributed by atoms with Crippen LogP contribution in [0.5, 0.6) is 0 Å². The van der Waals surface area contributed by atoms with Gasteiger partial charge >= 0.3 is 5.97 Å². The number of likely N-dealkylation sites (tertiary alicyclic amines) is 1. The van der Waals surface area contributed by atoms with E-state index >= 15 is 0 Å². The number of carboxylic acid groups (broad SMARTS) is 1. The van der Waals surface area contributed by atoms with Gasteiger partial charge in [0.1, 0.15) is 11.9 Å². The molecule has 1 aliphatic rings. The lowest BCUT2D eigenvalue weighted by Gasteiger charge is -2.13. The minimum Gasteiger partial charge on any atom is -0.480 e. The standard InChI is InChI=1S/C13H14ClFN2O3/c1-17-6-8(5-11(17)13(19)20)16-12(18)9-3-2-7(14)4-10(9)15/h2-4,8,11H,5-6H2,1H3,(H,16,18)(H,19,20)/t8-,11+/m1/s1. The molecule has 2 rings (SSSR count). The monoisotopic (exact) mass is 300 g/mol. The Morgan fingerprint density at radius 3 is 2.75 bits per heavy atom. The van der Waals surface area contributed by atoms with Crippen LogP contribution in [0.3, 0.4) is 0 Å². The number of nitrogens with one attached hydrogen (secondary N) is 1. The van der Waals surface area contributed by atoms with Gasteiger partial charge in [-0.05, 0) is 31.7 Å². The normalized spacial score (nSPS) is 22.8. The van der Waals surface area contributed by atoms with E-state index in [0.29, 0.717) is 13.0 Å². The Kier molecular flexibility index (Phi) is 4.25. The number of carbonyl (C=O) groups excluding carboxylic acids is 1. The number of likely N-dealkylation sites (N-methyl/N-ethyl adjacent to an activating group) is 1. The van der Waals surface area contributed by atoms with Gasteiger partial charge in [-0.15, -0.1) is 0 Å². The number of carboxylic acids is 1. The van der Waals surface area contributed by atoms with Crippen LogP contribution < -0.4 is 5.32 Å². The van der Waals surface area contributed by atoms with Crippen LogP contribution >= 0.6 is 11.6 Å². The molecular formula is C13H14ClFN2O3. The summed E-state index contributed by atoms with van der Waals surface area (Å²) in [5.74, 6) is -2.19. The summed E-state index contributed by atoms with van der Waals surface area (Å²) in [6.45, 7) is 0.415. The number of benzene rings is 1. The zero-order valence-corrected chi connectivity index (χ0v) is 11.5. The number of nitrogens with zero attached hydrogens (tertiary/aromatic N) is 1. The van der Waals surface area contributed by atoms with Crippen molar-refractivity contribution in [2.75, 3.05) is 13.6 Å². The lowest BCUT2D eigenvalue weighted by molar-refractivity contribution is -0.141. The number of amides is 1. The SMILES string of the molecule is CN1C[C@H](NC(=O)c2ccc(Cl)cc2F)C[C@H]1C(=O)O. The number of hydrogen-bond acceptors (Lipinski definition) is 3. The fraction of sp³-hybridized carbons (Fsp3) is 0.385. The van der Waals surface area contributed by atoms with E-state index in [1.165, 1.54) is 12.1 Å². The van der Waals surface area contributed by atoms with Crippen molar-refractivity contribution in [1.82, 2.24) is 10.2 Å². The number of rotatable bonds is 3. The lowest BCUT2D eigenvalue weighted by Crippen LogP contribution is -2.36. The molecule has 0 radical (unpaired) electrons. The molecule has 0 bridgehead atoms. The van der Waals surface area contributed by atoms with Gasteiger partial charge in [0.15, 0.2) is 0 Å². The Hall–Kier alpha value is -1.66. The zero-order valence-electron chi connectivity index (χ0n) is 10.8. The molecule has 1 aromatic rings. The highest BCUT2D eigenvalue weighted by Gasteiger charge is 2.35. The van der Waals surface area contributed by atoms with Crippen LogP contribution in [0.15, 0.2) is 18.2 Å². The smallest absolute Gasteiger partial charge is 0.320 e. The van der Waals surface area contributed by atoms with Crippen molar-refractivity contribution in [2.45, 2.75) is 18.5 Å². The third-order valence-corrected chi connectivity index (χ3v) is 3.58. The molecule has 7 heteroatoms. The Labute approximate surface area is 120 Å². The Bertz CT molecular complexity index is 552. The molecule has 0 spiro atoms. The van der Waals surface area contributed by atoms with Crippen molar-refractivity contribution in [1.29, 1.82) is 0 Å². The summed E-state index contributed by atoms with van der Waals surface area (Å²) in [6, 6.07) is 2.86. The molecular weight excluding hydrogens is 287 g/mol. The maximum Gasteiger partial charge on any atom is 0.320 e. The second-order valence-electron chi connectivity index (χ2n) is 4.82. The topological polar surface area (TPSA) is 69.6 Å². The van der Waals surface area contributed by atoms with Crippen molar-refractivity contribution in [3.05, 3.63) is 34.6 Å². The summed E-state index contributed by atoms with van der Waals surface area (Å²) in [5, 5.41) is 11.9. The van der Waals surface area contributed by atoms with Crippen LogP contribution in [0.25, 0.3) is 0 Å². The average molecular weight is 301 g/mol. The molecule has 1 amide bonds. The molecule has 1 aliphatic heterocycles. The first-order chi connectivity index (χ1) is 9.38. The molecule has 1 heterocycles. The minimum atomic E-state index is -0.929. The molecule has 1 fully saturated rings. The van der Waals surface area contributed by atoms with Gasteiger partial charge < -0.3 is 10.4 Å². The summed E-state index contributed by atoms with van der Waals surface area (Å²) in [6.07, 6.45) is 0.298. The van der Waals surface area contributed by atoms with Gasteiger partial charge in [0.2, 0.25) is 0 Å². The van der Waals surface area contributed by atoms with Crippen LogP contribution in [-0.4, -0.2) is 47.6 Å². The van der Waals surface area contributed by atoms with E-state index < -0.39 is 23.7 Å². The molecule has 5 nitrogen and oxygen atoms in total. The van der Waals surface area contributed by atoms with E-state index in [-0.39, 0.29) is 16.6 Å². The van der Waals surface area contributed by atoms with Crippen LogP contribution in [0.2, 0.25) is 5.02 Å². The second kappa shape index (κ2) is 5.76. The fourth-order valence-electron chi connectivity index (χ4n) is 2.33. The molecule has 2 N–H and O–H groups in total. The van der Waals surface area contributed by atoms with Gasteiger partial charge in [-0.2, -0.15) is 0 Å². The predicted octanol–water partition coefficient (Wildman–Crippen LogP) is 1.37. The summed E-state index contributed by atoms with van der Waals surface area (Å²) in [7, 11) is 1.67. The number of carbonyl (C=O) groups is 2. The number of aliphatic carboxylic acids is 1. The molecule has 1 aromatic carbocycles. The van der Waals surface area contributed by atoms with E-state index in [4.69, 9.17) is 16.7 Å². The first kappa shape index (κ1) is 14.7. The highest BCUT2D eigenvalue weighted by Crippen LogP contribution is 2.18. The predicted molar refractivity (Wildman–Crippen MR) is 71.3 cm³/mol. The molecule has 0 aliphatic carbocycles. The van der Waals surface area contributed by atoms with Gasteiger partial charge in [-0.25, -0.2) is 4.39 Å². The van der Waals surface area contributed by atoms with E-state index in [1.807, 2.05) is 0 Å². The van der Waals surface area contributed by atoms with Crippen molar-refractivity contribution in [3.8, 4) is 0 Å². The fourth-order valence-corrected chi connectivity index (χ4v) is 2.49. The molecule has 20 heavy (non-hydrogen) atoms. The first-order valence-electron chi connectivity index (χ1n) is 6.07. The minimum absolute atomic E-state index is 0.101. The van der Waals surface area contributed by atoms with Gasteiger partial charge in [0, 0.05) is 17.6 Å². The molecule has 108 valence electrons. The Morgan fingerprint density at radius 2 is 2.20 bits per heavy atom. The van der Waals surface area contributed by atoms with Crippen LogP contribution in [0.4, 0.5) is 4.39 Å². The summed E-state index contributed by atoms with van der Waals surface area (Å²) in [4.78, 5) is 24.6. The number of halogens is 2. The first-order valence-corrected chi connectivity index (χ1v) is 6.45. The summed E-state index contributed by atoms with van der Waals surface area (Å²) in [5.41, 5.74) is -0.101. The number of hydrogen-bond donors (Lipinski definition) is 2. The van der Waals surface area contributed by atoms with E-state index in [0.717, 1.165) is 6.07 Å². The highest BCUT2D eigenvalue weighted by molar-refractivity contribution is 6.30. The molecule has 0 saturated carbocycles. The average Bonchev–Trinajstić information content (AvgIpc) is 2.70. The summed E-state index contributed by atoms with van der Waals surface area (Å²) >= 11 is 5.62. The van der Waals surface area contributed by atoms with Crippen molar-refractivity contribution in [2.24, 2.45) is 0 Å². The second-order valence-corrected chi connectivity index (χ2v) is 5.26. The highest BCUT2D eigenvalue weighted by atomic mass is 35.5. The van der Waals surface area contributed by atoms with Crippen molar-refractivity contribution < 1.29 is 19.1 Å². The third kappa shape index (κ3) is 3.08. The van der Waals surface area contributed by atoms with E-state index in [9.17, 15) is 14.0 Å². The van der Waals surface area contributed by atoms with E-state index in [1.54, 1.807) is 11.9 Å².